The van der Waals surface area contributed by atoms with Crippen molar-refractivity contribution in [3.8, 4) is 5.75 Å². The maximum Gasteiger partial charge on any atom is 0.243 e. The summed E-state index contributed by atoms with van der Waals surface area (Å²) in [5.74, 6) is 0.323. The summed E-state index contributed by atoms with van der Waals surface area (Å²) in [6.45, 7) is 6.28. The van der Waals surface area contributed by atoms with E-state index in [4.69, 9.17) is 4.74 Å². The van der Waals surface area contributed by atoms with E-state index in [2.05, 4.69) is 5.32 Å². The van der Waals surface area contributed by atoms with Gasteiger partial charge in [-0.1, -0.05) is 37.3 Å². The smallest absolute Gasteiger partial charge is 0.243 e. The van der Waals surface area contributed by atoms with Crippen LogP contribution in [0.4, 0.5) is 5.69 Å². The SMILES string of the molecule is CCOc1ccccc1CNC(=O)[C@@H](C)N(c1ccc(CC)cc1)S(C)(=O)=O. The first-order valence-corrected chi connectivity index (χ1v) is 11.2. The van der Waals surface area contributed by atoms with Crippen LogP contribution in [0.25, 0.3) is 0 Å². The van der Waals surface area contributed by atoms with Crippen LogP contribution in [0.3, 0.4) is 0 Å². The van der Waals surface area contributed by atoms with Gasteiger partial charge in [-0.2, -0.15) is 0 Å². The molecule has 0 aromatic heterocycles. The lowest BCUT2D eigenvalue weighted by molar-refractivity contribution is -0.122. The average Bonchev–Trinajstić information content (AvgIpc) is 2.67. The van der Waals surface area contributed by atoms with Crippen LogP contribution in [-0.4, -0.2) is 33.2 Å². The highest BCUT2D eigenvalue weighted by atomic mass is 32.2. The second-order valence-electron chi connectivity index (χ2n) is 6.51. The fourth-order valence-corrected chi connectivity index (χ4v) is 4.14. The zero-order valence-corrected chi connectivity index (χ0v) is 17.6. The lowest BCUT2D eigenvalue weighted by Crippen LogP contribution is -2.47. The molecule has 7 heteroatoms. The van der Waals surface area contributed by atoms with E-state index < -0.39 is 16.1 Å². The van der Waals surface area contributed by atoms with Gasteiger partial charge in [0.2, 0.25) is 15.9 Å². The van der Waals surface area contributed by atoms with Gasteiger partial charge in [0.15, 0.2) is 0 Å². The summed E-state index contributed by atoms with van der Waals surface area (Å²) in [5, 5.41) is 2.82. The van der Waals surface area contributed by atoms with Gasteiger partial charge >= 0.3 is 0 Å². The van der Waals surface area contributed by atoms with Crippen molar-refractivity contribution in [3.05, 3.63) is 59.7 Å². The molecule has 0 radical (unpaired) electrons. The lowest BCUT2D eigenvalue weighted by atomic mass is 10.1. The fourth-order valence-electron chi connectivity index (χ4n) is 2.96. The third kappa shape index (κ3) is 5.48. The minimum absolute atomic E-state index is 0.256. The Bertz CT molecular complexity index is 895. The zero-order valence-electron chi connectivity index (χ0n) is 16.8. The number of ether oxygens (including phenoxy) is 1. The number of rotatable bonds is 9. The molecular weight excluding hydrogens is 376 g/mol. The van der Waals surface area contributed by atoms with E-state index in [0.717, 1.165) is 28.1 Å². The molecule has 152 valence electrons. The Kier molecular flexibility index (Phi) is 7.45. The van der Waals surface area contributed by atoms with Gasteiger partial charge in [-0.3, -0.25) is 9.10 Å². The molecule has 0 aliphatic rings. The van der Waals surface area contributed by atoms with Crippen molar-refractivity contribution >= 4 is 21.6 Å². The molecule has 1 N–H and O–H groups in total. The maximum atomic E-state index is 12.7. The van der Waals surface area contributed by atoms with Gasteiger partial charge in [0, 0.05) is 12.1 Å². The van der Waals surface area contributed by atoms with Crippen LogP contribution in [0.15, 0.2) is 48.5 Å². The van der Waals surface area contributed by atoms with E-state index in [9.17, 15) is 13.2 Å². The Morgan fingerprint density at radius 2 is 1.75 bits per heavy atom. The van der Waals surface area contributed by atoms with Crippen molar-refractivity contribution in [2.45, 2.75) is 39.8 Å². The Morgan fingerprint density at radius 1 is 1.11 bits per heavy atom. The lowest BCUT2D eigenvalue weighted by Gasteiger charge is -2.28. The number of aryl methyl sites for hydroxylation is 1. The molecule has 0 aliphatic heterocycles. The second-order valence-corrected chi connectivity index (χ2v) is 8.37. The average molecular weight is 405 g/mol. The van der Waals surface area contributed by atoms with Crippen LogP contribution < -0.4 is 14.4 Å². The summed E-state index contributed by atoms with van der Waals surface area (Å²) in [6.07, 6.45) is 1.96. The Balaban J connectivity index is 2.18. The maximum absolute atomic E-state index is 12.7. The molecule has 2 rings (SSSR count). The van der Waals surface area contributed by atoms with Crippen molar-refractivity contribution in [1.29, 1.82) is 0 Å². The van der Waals surface area contributed by atoms with E-state index in [1.807, 2.05) is 50.2 Å². The summed E-state index contributed by atoms with van der Waals surface area (Å²) in [6, 6.07) is 13.8. The molecule has 0 fully saturated rings. The zero-order chi connectivity index (χ0) is 20.7. The first-order chi connectivity index (χ1) is 13.3. The quantitative estimate of drug-likeness (QED) is 0.697. The molecule has 28 heavy (non-hydrogen) atoms. The Morgan fingerprint density at radius 3 is 2.32 bits per heavy atom. The van der Waals surface area contributed by atoms with Crippen molar-refractivity contribution in [2.75, 3.05) is 17.2 Å². The highest BCUT2D eigenvalue weighted by molar-refractivity contribution is 7.92. The van der Waals surface area contributed by atoms with Crippen LogP contribution in [-0.2, 0) is 27.8 Å². The third-order valence-electron chi connectivity index (χ3n) is 4.41. The standard InChI is InChI=1S/C21H28N2O4S/c1-5-17-11-13-19(14-12-17)23(28(4,25)26)16(3)21(24)22-15-18-9-7-8-10-20(18)27-6-2/h7-14,16H,5-6,15H2,1-4H3,(H,22,24)/t16-/m1/s1. The predicted octanol–water partition coefficient (Wildman–Crippen LogP) is 3.12. The van der Waals surface area contributed by atoms with Gasteiger partial charge in [0.25, 0.3) is 0 Å². The van der Waals surface area contributed by atoms with Crippen molar-refractivity contribution < 1.29 is 17.9 Å². The van der Waals surface area contributed by atoms with E-state index in [1.165, 1.54) is 0 Å². The van der Waals surface area contributed by atoms with Crippen LogP contribution in [0.1, 0.15) is 31.9 Å². The van der Waals surface area contributed by atoms with Crippen LogP contribution >= 0.6 is 0 Å². The molecule has 0 saturated heterocycles. The molecule has 2 aromatic carbocycles. The van der Waals surface area contributed by atoms with Gasteiger partial charge in [-0.15, -0.1) is 0 Å². The number of sulfonamides is 1. The van der Waals surface area contributed by atoms with Crippen LogP contribution in [0.2, 0.25) is 0 Å². The van der Waals surface area contributed by atoms with E-state index in [1.54, 1.807) is 19.1 Å². The number of nitrogens with zero attached hydrogens (tertiary/aromatic N) is 1. The topological polar surface area (TPSA) is 75.7 Å². The van der Waals surface area contributed by atoms with Crippen molar-refractivity contribution in [3.63, 3.8) is 0 Å². The van der Waals surface area contributed by atoms with E-state index in [-0.39, 0.29) is 12.5 Å². The third-order valence-corrected chi connectivity index (χ3v) is 5.65. The molecular formula is C21H28N2O4S. The normalized spacial score (nSPS) is 12.3. The number of anilines is 1. The van der Waals surface area contributed by atoms with Crippen LogP contribution in [0.5, 0.6) is 5.75 Å². The fraction of sp³-hybridized carbons (Fsp3) is 0.381. The molecule has 0 saturated carbocycles. The molecule has 1 atom stereocenters. The van der Waals surface area contributed by atoms with Gasteiger partial charge in [-0.05, 0) is 44.0 Å². The summed E-state index contributed by atoms with van der Waals surface area (Å²) < 4.78 is 31.5. The minimum Gasteiger partial charge on any atom is -0.494 e. The van der Waals surface area contributed by atoms with Crippen LogP contribution in [0, 0.1) is 0 Å². The number of nitrogens with one attached hydrogen (secondary N) is 1. The predicted molar refractivity (Wildman–Crippen MR) is 112 cm³/mol. The highest BCUT2D eigenvalue weighted by Gasteiger charge is 2.29. The summed E-state index contributed by atoms with van der Waals surface area (Å²) in [5.41, 5.74) is 2.40. The number of carbonyl (C=O) groups excluding carboxylic acids is 1. The van der Waals surface area contributed by atoms with Gasteiger partial charge in [0.1, 0.15) is 11.8 Å². The van der Waals surface area contributed by atoms with E-state index in [0.29, 0.717) is 18.0 Å². The van der Waals surface area contributed by atoms with Crippen molar-refractivity contribution in [1.82, 2.24) is 5.32 Å². The molecule has 0 heterocycles. The Labute approximate surface area is 167 Å². The second kappa shape index (κ2) is 9.59. The summed E-state index contributed by atoms with van der Waals surface area (Å²) in [4.78, 5) is 12.7. The molecule has 6 nitrogen and oxygen atoms in total. The van der Waals surface area contributed by atoms with E-state index >= 15 is 0 Å². The first kappa shape index (κ1) is 21.8. The molecule has 0 spiro atoms. The Hall–Kier alpha value is -2.54. The number of carbonyl (C=O) groups is 1. The molecule has 2 aromatic rings. The number of para-hydroxylation sites is 1. The largest absolute Gasteiger partial charge is 0.494 e. The molecule has 0 unspecified atom stereocenters. The van der Waals surface area contributed by atoms with Crippen molar-refractivity contribution in [2.24, 2.45) is 0 Å². The highest BCUT2D eigenvalue weighted by Crippen LogP contribution is 2.22. The number of hydrogen-bond acceptors (Lipinski definition) is 4. The van der Waals surface area contributed by atoms with Gasteiger partial charge in [0.05, 0.1) is 18.6 Å². The summed E-state index contributed by atoms with van der Waals surface area (Å²) in [7, 11) is -3.63. The van der Waals surface area contributed by atoms with Gasteiger partial charge in [-0.25, -0.2) is 8.42 Å². The minimum atomic E-state index is -3.63. The number of hydrogen-bond donors (Lipinski definition) is 1. The molecule has 0 bridgehead atoms. The first-order valence-electron chi connectivity index (χ1n) is 9.34. The van der Waals surface area contributed by atoms with Gasteiger partial charge < -0.3 is 10.1 Å². The summed E-state index contributed by atoms with van der Waals surface area (Å²) >= 11 is 0. The monoisotopic (exact) mass is 404 g/mol. The number of benzene rings is 2. The number of amides is 1. The molecule has 1 amide bonds. The molecule has 0 aliphatic carbocycles.